The molecule has 162 valence electrons. The first-order chi connectivity index (χ1) is 15.0. The minimum atomic E-state index is -0.363. The van der Waals surface area contributed by atoms with Crippen molar-refractivity contribution in [2.24, 2.45) is 11.8 Å². The van der Waals surface area contributed by atoms with Gasteiger partial charge in [0.15, 0.2) is 0 Å². The van der Waals surface area contributed by atoms with Crippen LogP contribution in [0.1, 0.15) is 24.8 Å². The number of hydrogen-bond acceptors (Lipinski definition) is 4. The molecule has 1 saturated heterocycles. The van der Waals surface area contributed by atoms with Gasteiger partial charge in [0.25, 0.3) is 0 Å². The minimum Gasteiger partial charge on any atom is -0.497 e. The highest BCUT2D eigenvalue weighted by Gasteiger charge is 2.45. The van der Waals surface area contributed by atoms with E-state index in [1.165, 1.54) is 4.90 Å². The average molecular weight is 421 g/mol. The van der Waals surface area contributed by atoms with Gasteiger partial charge in [-0.15, -0.1) is 0 Å². The zero-order valence-corrected chi connectivity index (χ0v) is 17.5. The van der Waals surface area contributed by atoms with Crippen LogP contribution in [0.2, 0.25) is 0 Å². The molecule has 0 radical (unpaired) electrons. The fraction of sp³-hybridized carbons (Fsp3) is 0.375. The molecule has 7 heteroatoms. The van der Waals surface area contributed by atoms with Crippen LogP contribution in [-0.4, -0.2) is 42.4 Å². The van der Waals surface area contributed by atoms with Crippen LogP contribution in [-0.2, 0) is 16.0 Å². The van der Waals surface area contributed by atoms with Gasteiger partial charge in [-0.05, 0) is 55.5 Å². The summed E-state index contributed by atoms with van der Waals surface area (Å²) in [4.78, 5) is 39.6. The lowest BCUT2D eigenvalue weighted by Crippen LogP contribution is -2.62. The molecule has 2 aromatic carbocycles. The Morgan fingerprint density at radius 3 is 2.55 bits per heavy atom. The number of methoxy groups -OCH3 is 1. The molecule has 2 fully saturated rings. The molecule has 4 amide bonds. The number of urea groups is 1. The number of carbonyl (C=O) groups is 3. The molecule has 4 rings (SSSR count). The molecule has 2 aliphatic rings. The van der Waals surface area contributed by atoms with E-state index in [2.05, 4.69) is 10.6 Å². The van der Waals surface area contributed by atoms with Gasteiger partial charge < -0.3 is 15.4 Å². The minimum absolute atomic E-state index is 0.0863. The maximum absolute atomic E-state index is 13.0. The zero-order valence-electron chi connectivity index (χ0n) is 17.5. The lowest BCUT2D eigenvalue weighted by atomic mass is 9.76. The molecule has 2 N–H and O–H groups in total. The van der Waals surface area contributed by atoms with E-state index in [9.17, 15) is 14.4 Å². The fourth-order valence-corrected chi connectivity index (χ4v) is 4.42. The molecule has 1 aliphatic carbocycles. The van der Waals surface area contributed by atoms with Gasteiger partial charge in [-0.1, -0.05) is 30.3 Å². The van der Waals surface area contributed by atoms with Crippen LogP contribution in [0.25, 0.3) is 0 Å². The number of anilines is 1. The summed E-state index contributed by atoms with van der Waals surface area (Å²) in [5.74, 6) is 0.0000944. The van der Waals surface area contributed by atoms with Crippen LogP contribution >= 0.6 is 0 Å². The molecule has 0 aromatic heterocycles. The van der Waals surface area contributed by atoms with Crippen LogP contribution in [0.5, 0.6) is 5.75 Å². The van der Waals surface area contributed by atoms with E-state index in [0.717, 1.165) is 11.3 Å². The van der Waals surface area contributed by atoms with Crippen LogP contribution in [0, 0.1) is 11.8 Å². The van der Waals surface area contributed by atoms with Crippen molar-refractivity contribution < 1.29 is 19.1 Å². The summed E-state index contributed by atoms with van der Waals surface area (Å²) in [5.41, 5.74) is 1.79. The standard InChI is InChI=1S/C24H27N3O4/c1-31-19-10-8-18(9-11-19)25-22(28)17-7-12-20-21(15-17)26-24(30)27(23(20)29)14-13-16-5-3-2-4-6-16/h2-6,8-11,17,20-21H,7,12-15H2,1H3,(H,25,28)(H,26,30). The number of amides is 4. The first-order valence-electron chi connectivity index (χ1n) is 10.7. The van der Waals surface area contributed by atoms with Gasteiger partial charge in [-0.2, -0.15) is 0 Å². The van der Waals surface area contributed by atoms with Crippen molar-refractivity contribution in [2.75, 3.05) is 19.0 Å². The molecule has 3 atom stereocenters. The lowest BCUT2D eigenvalue weighted by molar-refractivity contribution is -0.138. The summed E-state index contributed by atoms with van der Waals surface area (Å²) >= 11 is 0. The first kappa shape index (κ1) is 20.9. The Hall–Kier alpha value is -3.35. The Balaban J connectivity index is 1.34. The number of nitrogens with zero attached hydrogens (tertiary/aromatic N) is 1. The predicted octanol–water partition coefficient (Wildman–Crippen LogP) is 3.21. The van der Waals surface area contributed by atoms with Crippen molar-refractivity contribution in [1.29, 1.82) is 0 Å². The molecule has 1 saturated carbocycles. The molecule has 3 unspecified atom stereocenters. The van der Waals surface area contributed by atoms with Gasteiger partial charge in [0.1, 0.15) is 5.75 Å². The van der Waals surface area contributed by atoms with E-state index >= 15 is 0 Å². The summed E-state index contributed by atoms with van der Waals surface area (Å²) in [7, 11) is 1.59. The molecular weight excluding hydrogens is 394 g/mol. The van der Waals surface area contributed by atoms with Gasteiger partial charge in [0.05, 0.1) is 13.0 Å². The molecular formula is C24H27N3O4. The second-order valence-electron chi connectivity index (χ2n) is 8.12. The van der Waals surface area contributed by atoms with Gasteiger partial charge >= 0.3 is 6.03 Å². The number of imide groups is 1. The Morgan fingerprint density at radius 1 is 1.10 bits per heavy atom. The number of carbonyl (C=O) groups excluding carboxylic acids is 3. The van der Waals surface area contributed by atoms with Gasteiger partial charge in [-0.25, -0.2) is 4.79 Å². The lowest BCUT2D eigenvalue weighted by Gasteiger charge is -2.42. The molecule has 0 spiro atoms. The predicted molar refractivity (Wildman–Crippen MR) is 117 cm³/mol. The largest absolute Gasteiger partial charge is 0.497 e. The van der Waals surface area contributed by atoms with Crippen LogP contribution in [0.3, 0.4) is 0 Å². The van der Waals surface area contributed by atoms with E-state index in [1.807, 2.05) is 30.3 Å². The number of benzene rings is 2. The summed E-state index contributed by atoms with van der Waals surface area (Å²) < 4.78 is 5.13. The Morgan fingerprint density at radius 2 is 1.84 bits per heavy atom. The van der Waals surface area contributed by atoms with Gasteiger partial charge in [0, 0.05) is 24.2 Å². The smallest absolute Gasteiger partial charge is 0.324 e. The number of rotatable bonds is 6. The third kappa shape index (κ3) is 4.71. The van der Waals surface area contributed by atoms with E-state index in [4.69, 9.17) is 4.74 Å². The summed E-state index contributed by atoms with van der Waals surface area (Å²) in [6, 6.07) is 16.3. The monoisotopic (exact) mass is 421 g/mol. The number of ether oxygens (including phenoxy) is 1. The van der Waals surface area contributed by atoms with E-state index in [-0.39, 0.29) is 35.7 Å². The normalized spacial score (nSPS) is 23.0. The van der Waals surface area contributed by atoms with Crippen molar-refractivity contribution in [1.82, 2.24) is 10.2 Å². The fourth-order valence-electron chi connectivity index (χ4n) is 4.42. The molecule has 7 nitrogen and oxygen atoms in total. The molecule has 31 heavy (non-hydrogen) atoms. The van der Waals surface area contributed by atoms with Crippen LogP contribution in [0.4, 0.5) is 10.5 Å². The zero-order chi connectivity index (χ0) is 21.8. The highest BCUT2D eigenvalue weighted by Crippen LogP contribution is 2.34. The summed E-state index contributed by atoms with van der Waals surface area (Å²) in [6.07, 6.45) is 2.31. The van der Waals surface area contributed by atoms with Crippen molar-refractivity contribution in [2.45, 2.75) is 31.7 Å². The van der Waals surface area contributed by atoms with Crippen LogP contribution in [0.15, 0.2) is 54.6 Å². The molecule has 1 heterocycles. The summed E-state index contributed by atoms with van der Waals surface area (Å²) in [5, 5.41) is 5.89. The van der Waals surface area contributed by atoms with Crippen molar-refractivity contribution >= 4 is 23.5 Å². The third-order valence-electron chi connectivity index (χ3n) is 6.18. The molecule has 0 bridgehead atoms. The maximum atomic E-state index is 13.0. The van der Waals surface area contributed by atoms with Crippen molar-refractivity contribution in [3.8, 4) is 5.75 Å². The Labute approximate surface area is 181 Å². The van der Waals surface area contributed by atoms with Gasteiger partial charge in [-0.3, -0.25) is 14.5 Å². The highest BCUT2D eigenvalue weighted by atomic mass is 16.5. The SMILES string of the molecule is COc1ccc(NC(=O)C2CCC3C(=O)N(CCc4ccccc4)C(=O)NC3C2)cc1. The number of nitrogens with one attached hydrogen (secondary N) is 2. The van der Waals surface area contributed by atoms with E-state index in [0.29, 0.717) is 37.9 Å². The molecule has 1 aliphatic heterocycles. The Kier molecular flexibility index (Phi) is 6.21. The quantitative estimate of drug-likeness (QED) is 0.750. The number of fused-ring (bicyclic) bond motifs is 1. The second kappa shape index (κ2) is 9.20. The topological polar surface area (TPSA) is 87.7 Å². The summed E-state index contributed by atoms with van der Waals surface area (Å²) in [6.45, 7) is 0.360. The van der Waals surface area contributed by atoms with E-state index in [1.54, 1.807) is 31.4 Å². The molecule has 2 aromatic rings. The second-order valence-corrected chi connectivity index (χ2v) is 8.12. The first-order valence-corrected chi connectivity index (χ1v) is 10.7. The Bertz CT molecular complexity index is 945. The van der Waals surface area contributed by atoms with Crippen LogP contribution < -0.4 is 15.4 Å². The third-order valence-corrected chi connectivity index (χ3v) is 6.18. The highest BCUT2D eigenvalue weighted by molar-refractivity contribution is 5.99. The number of hydrogen-bond donors (Lipinski definition) is 2. The van der Waals surface area contributed by atoms with E-state index < -0.39 is 0 Å². The van der Waals surface area contributed by atoms with Gasteiger partial charge in [0.2, 0.25) is 11.8 Å². The van der Waals surface area contributed by atoms with Crippen molar-refractivity contribution in [3.63, 3.8) is 0 Å². The average Bonchev–Trinajstić information content (AvgIpc) is 2.79. The maximum Gasteiger partial charge on any atom is 0.324 e. The van der Waals surface area contributed by atoms with Crippen molar-refractivity contribution in [3.05, 3.63) is 60.2 Å².